The lowest BCUT2D eigenvalue weighted by molar-refractivity contribution is -0.123. The zero-order valence-corrected chi connectivity index (χ0v) is 9.83. The number of amides is 1. The van der Waals surface area contributed by atoms with Crippen LogP contribution in [0, 0.1) is 5.92 Å². The fourth-order valence-corrected chi connectivity index (χ4v) is 2.00. The first-order valence-electron chi connectivity index (χ1n) is 5.85. The van der Waals surface area contributed by atoms with Gasteiger partial charge in [-0.25, -0.2) is 0 Å². The van der Waals surface area contributed by atoms with E-state index in [4.69, 9.17) is 5.73 Å². The minimum atomic E-state index is -0.202. The Morgan fingerprint density at radius 2 is 2.33 bits per heavy atom. The van der Waals surface area contributed by atoms with Crippen molar-refractivity contribution in [1.29, 1.82) is 0 Å². The van der Waals surface area contributed by atoms with E-state index in [-0.39, 0.29) is 11.9 Å². The van der Waals surface area contributed by atoms with E-state index >= 15 is 0 Å². The van der Waals surface area contributed by atoms with Crippen LogP contribution in [0.5, 0.6) is 0 Å². The highest BCUT2D eigenvalue weighted by molar-refractivity contribution is 5.80. The van der Waals surface area contributed by atoms with Crippen LogP contribution in [-0.2, 0) is 4.79 Å². The highest BCUT2D eigenvalue weighted by atomic mass is 16.1. The molecule has 4 heteroatoms. The van der Waals surface area contributed by atoms with Gasteiger partial charge in [0.25, 0.3) is 0 Å². The van der Waals surface area contributed by atoms with Gasteiger partial charge in [-0.2, -0.15) is 0 Å². The van der Waals surface area contributed by atoms with Crippen molar-refractivity contribution in [3.8, 4) is 0 Å². The van der Waals surface area contributed by atoms with E-state index in [1.807, 2.05) is 0 Å². The van der Waals surface area contributed by atoms with Gasteiger partial charge in [0.15, 0.2) is 0 Å². The third kappa shape index (κ3) is 4.18. The maximum absolute atomic E-state index is 11.2. The van der Waals surface area contributed by atoms with Gasteiger partial charge < -0.3 is 11.1 Å². The number of rotatable bonds is 5. The van der Waals surface area contributed by atoms with Gasteiger partial charge in [0.1, 0.15) is 6.04 Å². The minimum absolute atomic E-state index is 0.106. The summed E-state index contributed by atoms with van der Waals surface area (Å²) in [5.74, 6) is 0.534. The average molecular weight is 213 g/mol. The van der Waals surface area contributed by atoms with E-state index in [0.717, 1.165) is 32.0 Å². The second-order valence-corrected chi connectivity index (χ2v) is 4.69. The molecule has 1 saturated heterocycles. The van der Waals surface area contributed by atoms with Gasteiger partial charge in [0, 0.05) is 19.6 Å². The summed E-state index contributed by atoms with van der Waals surface area (Å²) in [6, 6.07) is -0.106. The Morgan fingerprint density at radius 3 is 2.93 bits per heavy atom. The summed E-state index contributed by atoms with van der Waals surface area (Å²) in [4.78, 5) is 13.4. The SMILES string of the molecule is CC(C)CCCN1CCNCC1C(N)=O. The first-order valence-corrected chi connectivity index (χ1v) is 5.85. The number of hydrogen-bond acceptors (Lipinski definition) is 3. The fraction of sp³-hybridized carbons (Fsp3) is 0.909. The van der Waals surface area contributed by atoms with Crippen LogP contribution >= 0.6 is 0 Å². The Hall–Kier alpha value is -0.610. The molecule has 0 aromatic heterocycles. The van der Waals surface area contributed by atoms with Crippen LogP contribution in [0.25, 0.3) is 0 Å². The molecule has 4 nitrogen and oxygen atoms in total. The van der Waals surface area contributed by atoms with E-state index in [2.05, 4.69) is 24.1 Å². The van der Waals surface area contributed by atoms with Gasteiger partial charge in [0.2, 0.25) is 5.91 Å². The molecule has 0 aliphatic carbocycles. The van der Waals surface area contributed by atoms with Crippen molar-refractivity contribution in [1.82, 2.24) is 10.2 Å². The maximum Gasteiger partial charge on any atom is 0.236 e. The number of hydrogen-bond donors (Lipinski definition) is 2. The molecule has 1 fully saturated rings. The summed E-state index contributed by atoms with van der Waals surface area (Å²) >= 11 is 0. The zero-order valence-electron chi connectivity index (χ0n) is 9.83. The van der Waals surface area contributed by atoms with Gasteiger partial charge in [-0.05, 0) is 25.3 Å². The van der Waals surface area contributed by atoms with Gasteiger partial charge in [0.05, 0.1) is 0 Å². The number of carbonyl (C=O) groups is 1. The Morgan fingerprint density at radius 1 is 1.60 bits per heavy atom. The van der Waals surface area contributed by atoms with Crippen LogP contribution in [0.2, 0.25) is 0 Å². The van der Waals surface area contributed by atoms with E-state index in [9.17, 15) is 4.79 Å². The molecule has 88 valence electrons. The van der Waals surface area contributed by atoms with E-state index < -0.39 is 0 Å². The lowest BCUT2D eigenvalue weighted by Gasteiger charge is -2.34. The third-order valence-corrected chi connectivity index (χ3v) is 2.91. The minimum Gasteiger partial charge on any atom is -0.368 e. The molecule has 15 heavy (non-hydrogen) atoms. The Bertz CT molecular complexity index is 206. The average Bonchev–Trinajstić information content (AvgIpc) is 2.17. The van der Waals surface area contributed by atoms with E-state index in [1.54, 1.807) is 0 Å². The second kappa shape index (κ2) is 6.08. The summed E-state index contributed by atoms with van der Waals surface area (Å²) in [5.41, 5.74) is 5.37. The topological polar surface area (TPSA) is 58.4 Å². The molecule has 0 aromatic carbocycles. The molecule has 1 aliphatic rings. The first kappa shape index (κ1) is 12.5. The molecule has 0 radical (unpaired) electrons. The van der Waals surface area contributed by atoms with Crippen molar-refractivity contribution in [3.63, 3.8) is 0 Å². The van der Waals surface area contributed by atoms with Crippen LogP contribution in [0.4, 0.5) is 0 Å². The van der Waals surface area contributed by atoms with E-state index in [0.29, 0.717) is 6.54 Å². The number of primary amides is 1. The number of nitrogens with one attached hydrogen (secondary N) is 1. The zero-order chi connectivity index (χ0) is 11.3. The Kier molecular flexibility index (Phi) is 5.05. The van der Waals surface area contributed by atoms with Crippen molar-refractivity contribution >= 4 is 5.91 Å². The normalized spacial score (nSPS) is 23.3. The summed E-state index contributed by atoms with van der Waals surface area (Å²) in [6.07, 6.45) is 2.37. The monoisotopic (exact) mass is 213 g/mol. The fourth-order valence-electron chi connectivity index (χ4n) is 2.00. The lowest BCUT2D eigenvalue weighted by Crippen LogP contribution is -2.56. The second-order valence-electron chi connectivity index (χ2n) is 4.69. The van der Waals surface area contributed by atoms with Crippen molar-refractivity contribution in [2.24, 2.45) is 11.7 Å². The van der Waals surface area contributed by atoms with Crippen LogP contribution in [0.3, 0.4) is 0 Å². The molecule has 0 saturated carbocycles. The number of nitrogens with two attached hydrogens (primary N) is 1. The van der Waals surface area contributed by atoms with Gasteiger partial charge >= 0.3 is 0 Å². The van der Waals surface area contributed by atoms with Crippen molar-refractivity contribution in [2.45, 2.75) is 32.7 Å². The largest absolute Gasteiger partial charge is 0.368 e. The summed E-state index contributed by atoms with van der Waals surface area (Å²) in [7, 11) is 0. The molecule has 1 aliphatic heterocycles. The van der Waals surface area contributed by atoms with Crippen LogP contribution in [0.15, 0.2) is 0 Å². The van der Waals surface area contributed by atoms with Gasteiger partial charge in [-0.3, -0.25) is 9.69 Å². The summed E-state index contributed by atoms with van der Waals surface area (Å²) in [6.45, 7) is 8.05. The van der Waals surface area contributed by atoms with Crippen LogP contribution in [0.1, 0.15) is 26.7 Å². The molecule has 0 bridgehead atoms. The highest BCUT2D eigenvalue weighted by Crippen LogP contribution is 2.08. The van der Waals surface area contributed by atoms with Crippen molar-refractivity contribution in [2.75, 3.05) is 26.2 Å². The van der Waals surface area contributed by atoms with Crippen molar-refractivity contribution in [3.05, 3.63) is 0 Å². The predicted octanol–water partition coefficient (Wildman–Crippen LogP) is 0.182. The standard InChI is InChI=1S/C11H23N3O/c1-9(2)4-3-6-14-7-5-13-8-10(14)11(12)15/h9-10,13H,3-8H2,1-2H3,(H2,12,15). The van der Waals surface area contributed by atoms with Gasteiger partial charge in [-0.15, -0.1) is 0 Å². The molecule has 1 amide bonds. The lowest BCUT2D eigenvalue weighted by atomic mass is 10.1. The Balaban J connectivity index is 2.33. The predicted molar refractivity (Wildman–Crippen MR) is 61.5 cm³/mol. The molecule has 0 spiro atoms. The summed E-state index contributed by atoms with van der Waals surface area (Å²) in [5, 5.41) is 3.20. The van der Waals surface area contributed by atoms with E-state index in [1.165, 1.54) is 6.42 Å². The molecule has 3 N–H and O–H groups in total. The summed E-state index contributed by atoms with van der Waals surface area (Å²) < 4.78 is 0. The van der Waals surface area contributed by atoms with Gasteiger partial charge in [-0.1, -0.05) is 13.8 Å². The molecule has 1 unspecified atom stereocenters. The molecule has 1 rings (SSSR count). The van der Waals surface area contributed by atoms with Crippen molar-refractivity contribution < 1.29 is 4.79 Å². The molecule has 1 atom stereocenters. The number of nitrogens with zero attached hydrogens (tertiary/aromatic N) is 1. The molecule has 1 heterocycles. The molecular weight excluding hydrogens is 190 g/mol. The smallest absolute Gasteiger partial charge is 0.236 e. The Labute approximate surface area is 92.2 Å². The third-order valence-electron chi connectivity index (χ3n) is 2.91. The first-order chi connectivity index (χ1) is 7.11. The molecule has 0 aromatic rings. The van der Waals surface area contributed by atoms with Crippen LogP contribution < -0.4 is 11.1 Å². The maximum atomic E-state index is 11.2. The quantitative estimate of drug-likeness (QED) is 0.685. The van der Waals surface area contributed by atoms with Crippen LogP contribution in [-0.4, -0.2) is 43.0 Å². The highest BCUT2D eigenvalue weighted by Gasteiger charge is 2.25. The molecular formula is C11H23N3O. The number of piperazine rings is 1. The number of carbonyl (C=O) groups excluding carboxylic acids is 1.